The number of aliphatic hydroxyl groups excluding tert-OH is 1. The highest BCUT2D eigenvalue weighted by atomic mass is 16.6. The van der Waals surface area contributed by atoms with Gasteiger partial charge in [-0.15, -0.1) is 0 Å². The van der Waals surface area contributed by atoms with Crippen molar-refractivity contribution < 1.29 is 24.2 Å². The smallest absolute Gasteiger partial charge is 0.306 e. The minimum Gasteiger partial charge on any atom is -0.462 e. The van der Waals surface area contributed by atoms with E-state index in [1.807, 2.05) is 0 Å². The maximum atomic E-state index is 12.1. The summed E-state index contributed by atoms with van der Waals surface area (Å²) in [7, 11) is 0. The van der Waals surface area contributed by atoms with E-state index in [0.29, 0.717) is 12.8 Å². The molecule has 1 atom stereocenters. The van der Waals surface area contributed by atoms with Crippen molar-refractivity contribution in [3.05, 3.63) is 0 Å². The fourth-order valence-electron chi connectivity index (χ4n) is 5.91. The lowest BCUT2D eigenvalue weighted by atomic mass is 10.0. The van der Waals surface area contributed by atoms with Gasteiger partial charge in [-0.25, -0.2) is 0 Å². The fourth-order valence-corrected chi connectivity index (χ4v) is 5.91. The van der Waals surface area contributed by atoms with Gasteiger partial charge in [0.25, 0.3) is 0 Å². The van der Waals surface area contributed by atoms with Gasteiger partial charge in [-0.05, 0) is 12.8 Å². The maximum Gasteiger partial charge on any atom is 0.306 e. The predicted octanol–water partition coefficient (Wildman–Crippen LogP) is 12.0. The molecule has 0 aromatic carbocycles. The van der Waals surface area contributed by atoms with Crippen molar-refractivity contribution in [1.29, 1.82) is 0 Å². The second-order valence-electron chi connectivity index (χ2n) is 13.4. The largest absolute Gasteiger partial charge is 0.462 e. The van der Waals surface area contributed by atoms with Crippen molar-refractivity contribution in [3.8, 4) is 0 Å². The summed E-state index contributed by atoms with van der Waals surface area (Å²) < 4.78 is 10.6. The first-order chi connectivity index (χ1) is 21.6. The van der Waals surface area contributed by atoms with Crippen LogP contribution in [0.4, 0.5) is 0 Å². The molecule has 0 aliphatic carbocycles. The van der Waals surface area contributed by atoms with E-state index in [9.17, 15) is 14.7 Å². The third kappa shape index (κ3) is 33.8. The normalized spacial score (nSPS) is 12.0. The SMILES string of the molecule is CCCCCCCCCCCCCCCCCCCCCCCCC(=O)OC(CO)COC(=O)CCCCCCCCCC. The van der Waals surface area contributed by atoms with Crippen molar-refractivity contribution in [2.75, 3.05) is 13.2 Å². The zero-order valence-electron chi connectivity index (χ0n) is 29.7. The van der Waals surface area contributed by atoms with Gasteiger partial charge in [0.05, 0.1) is 6.61 Å². The minimum atomic E-state index is -0.760. The number of rotatable bonds is 36. The second kappa shape index (κ2) is 36.4. The third-order valence-electron chi connectivity index (χ3n) is 8.90. The molecular formula is C39H76O5. The topological polar surface area (TPSA) is 72.8 Å². The molecule has 0 aliphatic heterocycles. The molecule has 1 unspecified atom stereocenters. The molecule has 0 aromatic heterocycles. The molecule has 0 saturated heterocycles. The molecule has 0 saturated carbocycles. The summed E-state index contributed by atoms with van der Waals surface area (Å²) in [5, 5.41) is 9.51. The van der Waals surface area contributed by atoms with Crippen molar-refractivity contribution >= 4 is 11.9 Å². The van der Waals surface area contributed by atoms with Crippen LogP contribution in [0.1, 0.15) is 219 Å². The van der Waals surface area contributed by atoms with E-state index >= 15 is 0 Å². The lowest BCUT2D eigenvalue weighted by Crippen LogP contribution is -2.28. The Kier molecular flexibility index (Phi) is 35.5. The molecule has 0 spiro atoms. The van der Waals surface area contributed by atoms with E-state index in [-0.39, 0.29) is 25.2 Å². The van der Waals surface area contributed by atoms with Crippen LogP contribution in [-0.4, -0.2) is 36.4 Å². The first-order valence-corrected chi connectivity index (χ1v) is 19.6. The molecular weight excluding hydrogens is 548 g/mol. The van der Waals surface area contributed by atoms with E-state index in [2.05, 4.69) is 13.8 Å². The van der Waals surface area contributed by atoms with Crippen LogP contribution >= 0.6 is 0 Å². The van der Waals surface area contributed by atoms with Gasteiger partial charge in [0.2, 0.25) is 0 Å². The Balaban J connectivity index is 3.42. The maximum absolute atomic E-state index is 12.1. The Morgan fingerprint density at radius 2 is 0.705 bits per heavy atom. The molecule has 0 heterocycles. The van der Waals surface area contributed by atoms with Crippen LogP contribution in [0, 0.1) is 0 Å². The summed E-state index contributed by atoms with van der Waals surface area (Å²) in [6.45, 7) is 4.13. The Labute approximate surface area is 274 Å². The molecule has 262 valence electrons. The summed E-state index contributed by atoms with van der Waals surface area (Å²) in [6, 6.07) is 0. The van der Waals surface area contributed by atoms with Crippen molar-refractivity contribution in [3.63, 3.8) is 0 Å². The van der Waals surface area contributed by atoms with Crippen LogP contribution < -0.4 is 0 Å². The average molecular weight is 625 g/mol. The summed E-state index contributed by atoms with van der Waals surface area (Å²) in [5.74, 6) is -0.582. The molecule has 0 aliphatic rings. The monoisotopic (exact) mass is 625 g/mol. The van der Waals surface area contributed by atoms with Gasteiger partial charge in [0, 0.05) is 12.8 Å². The predicted molar refractivity (Wildman–Crippen MR) is 187 cm³/mol. The Bertz CT molecular complexity index is 593. The van der Waals surface area contributed by atoms with Crippen LogP contribution in [0.25, 0.3) is 0 Å². The summed E-state index contributed by atoms with van der Waals surface area (Å²) >= 11 is 0. The number of unbranched alkanes of at least 4 members (excludes halogenated alkanes) is 28. The van der Waals surface area contributed by atoms with Crippen molar-refractivity contribution in [2.24, 2.45) is 0 Å². The van der Waals surface area contributed by atoms with Crippen LogP contribution in [0.15, 0.2) is 0 Å². The van der Waals surface area contributed by atoms with E-state index in [1.165, 1.54) is 154 Å². The molecule has 0 amide bonds. The van der Waals surface area contributed by atoms with Crippen molar-refractivity contribution in [1.82, 2.24) is 0 Å². The molecule has 5 nitrogen and oxygen atoms in total. The molecule has 0 radical (unpaired) electrons. The van der Waals surface area contributed by atoms with E-state index in [1.54, 1.807) is 0 Å². The van der Waals surface area contributed by atoms with Crippen LogP contribution in [0.5, 0.6) is 0 Å². The van der Waals surface area contributed by atoms with E-state index in [4.69, 9.17) is 9.47 Å². The number of hydrogen-bond acceptors (Lipinski definition) is 5. The van der Waals surface area contributed by atoms with Gasteiger partial charge >= 0.3 is 11.9 Å². The van der Waals surface area contributed by atoms with E-state index < -0.39 is 6.10 Å². The number of hydrogen-bond donors (Lipinski definition) is 1. The highest BCUT2D eigenvalue weighted by Crippen LogP contribution is 2.16. The van der Waals surface area contributed by atoms with Crippen LogP contribution in [-0.2, 0) is 19.1 Å². The Morgan fingerprint density at radius 3 is 1.00 bits per heavy atom. The zero-order valence-corrected chi connectivity index (χ0v) is 29.7. The second-order valence-corrected chi connectivity index (χ2v) is 13.4. The molecule has 0 aromatic rings. The fraction of sp³-hybridized carbons (Fsp3) is 0.949. The highest BCUT2D eigenvalue weighted by Gasteiger charge is 2.16. The molecule has 5 heteroatoms. The van der Waals surface area contributed by atoms with Crippen LogP contribution in [0.3, 0.4) is 0 Å². The molecule has 0 rings (SSSR count). The Morgan fingerprint density at radius 1 is 0.432 bits per heavy atom. The Hall–Kier alpha value is -1.10. The summed E-state index contributed by atoms with van der Waals surface area (Å²) in [5.41, 5.74) is 0. The average Bonchev–Trinajstić information content (AvgIpc) is 3.02. The number of ether oxygens (including phenoxy) is 2. The number of esters is 2. The van der Waals surface area contributed by atoms with Gasteiger partial charge in [0.15, 0.2) is 6.10 Å². The highest BCUT2D eigenvalue weighted by molar-refractivity contribution is 5.70. The standard InChI is InChI=1S/C39H76O5/c1-3-5-7-9-11-13-14-15-16-17-18-19-20-21-22-23-24-25-26-28-30-32-34-39(42)44-37(35-40)36-43-38(41)33-31-29-27-12-10-8-6-4-2/h37,40H,3-36H2,1-2H3. The molecule has 0 bridgehead atoms. The van der Waals surface area contributed by atoms with Gasteiger partial charge in [-0.1, -0.05) is 194 Å². The van der Waals surface area contributed by atoms with Gasteiger partial charge in [-0.2, -0.15) is 0 Å². The summed E-state index contributed by atoms with van der Waals surface area (Å²) in [6.07, 6.45) is 39.0. The minimum absolute atomic E-state index is 0.0581. The van der Waals surface area contributed by atoms with Gasteiger partial charge < -0.3 is 14.6 Å². The first kappa shape index (κ1) is 42.9. The lowest BCUT2D eigenvalue weighted by molar-refractivity contribution is -0.161. The molecule has 0 fully saturated rings. The zero-order chi connectivity index (χ0) is 32.2. The van der Waals surface area contributed by atoms with Crippen molar-refractivity contribution in [2.45, 2.75) is 225 Å². The number of aliphatic hydroxyl groups is 1. The van der Waals surface area contributed by atoms with Gasteiger partial charge in [-0.3, -0.25) is 9.59 Å². The van der Waals surface area contributed by atoms with Gasteiger partial charge in [0.1, 0.15) is 6.61 Å². The summed E-state index contributed by atoms with van der Waals surface area (Å²) in [4.78, 5) is 24.1. The third-order valence-corrected chi connectivity index (χ3v) is 8.90. The van der Waals surface area contributed by atoms with Crippen LogP contribution in [0.2, 0.25) is 0 Å². The number of carbonyl (C=O) groups excluding carboxylic acids is 2. The molecule has 44 heavy (non-hydrogen) atoms. The first-order valence-electron chi connectivity index (χ1n) is 19.6. The quantitative estimate of drug-likeness (QED) is 0.0554. The molecule has 1 N–H and O–H groups in total. The van der Waals surface area contributed by atoms with E-state index in [0.717, 1.165) is 38.5 Å². The lowest BCUT2D eigenvalue weighted by Gasteiger charge is -2.15. The number of carbonyl (C=O) groups is 2.